The normalized spacial score (nSPS) is 19.4. The molecular weight excluding hydrogens is 408 g/mol. The molecule has 1 N–H and O–H groups in total. The molecule has 1 spiro atoms. The fraction of sp³-hybridized carbons (Fsp3) is 0.348. The number of imidazole rings is 1. The summed E-state index contributed by atoms with van der Waals surface area (Å²) in [5, 5.41) is 2.93. The minimum atomic E-state index is -0.712. The summed E-state index contributed by atoms with van der Waals surface area (Å²) in [7, 11) is 0. The number of likely N-dealkylation sites (tertiary alicyclic amines) is 1. The lowest BCUT2D eigenvalue weighted by Crippen LogP contribution is -2.54. The van der Waals surface area contributed by atoms with Gasteiger partial charge in [-0.3, -0.25) is 14.6 Å². The van der Waals surface area contributed by atoms with E-state index in [9.17, 15) is 9.59 Å². The minimum Gasteiger partial charge on any atom is -0.352 e. The predicted octanol–water partition coefficient (Wildman–Crippen LogP) is 2.15. The van der Waals surface area contributed by atoms with Gasteiger partial charge in [-0.15, -0.1) is 0 Å². The van der Waals surface area contributed by atoms with E-state index in [1.165, 1.54) is 6.20 Å². The number of ether oxygens (including phenoxy) is 1. The minimum absolute atomic E-state index is 0.148. The van der Waals surface area contributed by atoms with Gasteiger partial charge in [0.25, 0.3) is 11.8 Å². The molecule has 0 unspecified atom stereocenters. The van der Waals surface area contributed by atoms with Gasteiger partial charge in [-0.1, -0.05) is 18.2 Å². The van der Waals surface area contributed by atoms with Crippen LogP contribution in [0.4, 0.5) is 5.69 Å². The quantitative estimate of drug-likeness (QED) is 0.680. The molecule has 2 aliphatic rings. The van der Waals surface area contributed by atoms with Gasteiger partial charge in [0.15, 0.2) is 6.10 Å². The van der Waals surface area contributed by atoms with E-state index in [2.05, 4.69) is 20.3 Å². The summed E-state index contributed by atoms with van der Waals surface area (Å²) >= 11 is 0. The SMILES string of the molecule is Cc1cnc(C(=O)N2CCC3(CC2)O[C@@H](C(=O)Nc2ccccc2)Cn2ccnc23)cn1. The summed E-state index contributed by atoms with van der Waals surface area (Å²) in [4.78, 5) is 40.5. The second-order valence-electron chi connectivity index (χ2n) is 8.19. The highest BCUT2D eigenvalue weighted by atomic mass is 16.5. The molecule has 2 aromatic heterocycles. The number of hydrogen-bond acceptors (Lipinski definition) is 6. The number of anilines is 1. The number of para-hydroxylation sites is 1. The third kappa shape index (κ3) is 3.75. The smallest absolute Gasteiger partial charge is 0.274 e. The van der Waals surface area contributed by atoms with Crippen molar-refractivity contribution >= 4 is 17.5 Å². The molecule has 2 amide bonds. The Hall–Kier alpha value is -3.59. The summed E-state index contributed by atoms with van der Waals surface area (Å²) in [6.07, 6.45) is 7.15. The molecule has 4 heterocycles. The molecule has 1 saturated heterocycles. The Morgan fingerprint density at radius 1 is 1.09 bits per heavy atom. The maximum Gasteiger partial charge on any atom is 0.274 e. The van der Waals surface area contributed by atoms with Crippen molar-refractivity contribution in [3.8, 4) is 0 Å². The lowest BCUT2D eigenvalue weighted by atomic mass is 9.88. The summed E-state index contributed by atoms with van der Waals surface area (Å²) in [5.74, 6) is 0.469. The number of nitrogens with zero attached hydrogens (tertiary/aromatic N) is 5. The third-order valence-electron chi connectivity index (χ3n) is 6.05. The molecule has 5 rings (SSSR count). The number of carbonyl (C=O) groups excluding carboxylic acids is 2. The molecule has 0 radical (unpaired) electrons. The first-order valence-corrected chi connectivity index (χ1v) is 10.7. The van der Waals surface area contributed by atoms with Gasteiger partial charge in [0.2, 0.25) is 0 Å². The van der Waals surface area contributed by atoms with Crippen molar-refractivity contribution in [2.45, 2.75) is 38.0 Å². The van der Waals surface area contributed by atoms with E-state index in [-0.39, 0.29) is 11.8 Å². The van der Waals surface area contributed by atoms with Crippen LogP contribution in [0.3, 0.4) is 0 Å². The first-order valence-electron chi connectivity index (χ1n) is 10.7. The lowest BCUT2D eigenvalue weighted by Gasteiger charge is -2.45. The highest BCUT2D eigenvalue weighted by Crippen LogP contribution is 2.40. The zero-order valence-electron chi connectivity index (χ0n) is 17.8. The topological polar surface area (TPSA) is 102 Å². The highest BCUT2D eigenvalue weighted by Gasteiger charge is 2.47. The molecule has 0 saturated carbocycles. The molecule has 0 aliphatic carbocycles. The average molecular weight is 432 g/mol. The summed E-state index contributed by atoms with van der Waals surface area (Å²) in [6, 6.07) is 9.33. The van der Waals surface area contributed by atoms with Crippen molar-refractivity contribution in [2.75, 3.05) is 18.4 Å². The van der Waals surface area contributed by atoms with Crippen LogP contribution in [0.25, 0.3) is 0 Å². The first kappa shape index (κ1) is 20.3. The summed E-state index contributed by atoms with van der Waals surface area (Å²) in [5.41, 5.74) is 1.11. The van der Waals surface area contributed by atoms with Crippen molar-refractivity contribution in [2.24, 2.45) is 0 Å². The number of benzene rings is 1. The van der Waals surface area contributed by atoms with Crippen LogP contribution < -0.4 is 5.32 Å². The van der Waals surface area contributed by atoms with Gasteiger partial charge in [0.1, 0.15) is 17.1 Å². The van der Waals surface area contributed by atoms with E-state index >= 15 is 0 Å². The van der Waals surface area contributed by atoms with Gasteiger partial charge in [-0.2, -0.15) is 0 Å². The zero-order valence-corrected chi connectivity index (χ0v) is 17.8. The molecule has 2 aliphatic heterocycles. The van der Waals surface area contributed by atoms with Crippen LogP contribution >= 0.6 is 0 Å². The number of fused-ring (bicyclic) bond motifs is 2. The van der Waals surface area contributed by atoms with Crippen LogP contribution in [-0.2, 0) is 21.7 Å². The highest BCUT2D eigenvalue weighted by molar-refractivity contribution is 5.94. The summed E-state index contributed by atoms with van der Waals surface area (Å²) in [6.45, 7) is 3.19. The van der Waals surface area contributed by atoms with Crippen molar-refractivity contribution < 1.29 is 14.3 Å². The van der Waals surface area contributed by atoms with E-state index in [4.69, 9.17) is 4.74 Å². The molecule has 1 fully saturated rings. The van der Waals surface area contributed by atoms with Crippen LogP contribution in [0.15, 0.2) is 55.1 Å². The average Bonchev–Trinajstić information content (AvgIpc) is 3.30. The molecule has 164 valence electrons. The Kier molecular flexibility index (Phi) is 5.18. The van der Waals surface area contributed by atoms with E-state index in [1.54, 1.807) is 17.3 Å². The van der Waals surface area contributed by atoms with Crippen LogP contribution in [0.1, 0.15) is 34.8 Å². The second-order valence-corrected chi connectivity index (χ2v) is 8.19. The Balaban J connectivity index is 1.32. The lowest BCUT2D eigenvalue weighted by molar-refractivity contribution is -0.168. The number of carbonyl (C=O) groups is 2. The van der Waals surface area contributed by atoms with E-state index in [0.717, 1.165) is 17.2 Å². The molecule has 32 heavy (non-hydrogen) atoms. The zero-order chi connectivity index (χ0) is 22.1. The summed E-state index contributed by atoms with van der Waals surface area (Å²) < 4.78 is 8.41. The van der Waals surface area contributed by atoms with Gasteiger partial charge in [0, 0.05) is 50.2 Å². The second kappa shape index (κ2) is 8.16. The van der Waals surface area contributed by atoms with Crippen LogP contribution in [0.2, 0.25) is 0 Å². The maximum atomic E-state index is 13.0. The number of rotatable bonds is 3. The van der Waals surface area contributed by atoms with Crippen molar-refractivity contribution in [1.82, 2.24) is 24.4 Å². The van der Waals surface area contributed by atoms with Crippen molar-refractivity contribution in [3.05, 3.63) is 72.3 Å². The molecule has 3 aromatic rings. The van der Waals surface area contributed by atoms with Gasteiger partial charge in [0.05, 0.1) is 18.4 Å². The van der Waals surface area contributed by atoms with Crippen molar-refractivity contribution in [3.63, 3.8) is 0 Å². The first-order chi connectivity index (χ1) is 15.5. The number of piperidine rings is 1. The number of hydrogen-bond donors (Lipinski definition) is 1. The third-order valence-corrected chi connectivity index (χ3v) is 6.05. The molecule has 1 aromatic carbocycles. The van der Waals surface area contributed by atoms with Gasteiger partial charge >= 0.3 is 0 Å². The molecular formula is C23H24N6O3. The molecule has 9 nitrogen and oxygen atoms in total. The Labute approximate surface area is 185 Å². The Morgan fingerprint density at radius 2 is 1.88 bits per heavy atom. The van der Waals surface area contributed by atoms with E-state index in [1.807, 2.05) is 48.0 Å². The fourth-order valence-electron chi connectivity index (χ4n) is 4.35. The number of aryl methyl sites for hydroxylation is 1. The van der Waals surface area contributed by atoms with Crippen LogP contribution in [-0.4, -0.2) is 55.4 Å². The number of aromatic nitrogens is 4. The number of amides is 2. The molecule has 1 atom stereocenters. The van der Waals surface area contributed by atoms with Gasteiger partial charge in [-0.25, -0.2) is 9.97 Å². The Morgan fingerprint density at radius 3 is 2.59 bits per heavy atom. The molecule has 0 bridgehead atoms. The van der Waals surface area contributed by atoms with Crippen LogP contribution in [0, 0.1) is 6.92 Å². The van der Waals surface area contributed by atoms with Gasteiger partial charge in [-0.05, 0) is 19.1 Å². The van der Waals surface area contributed by atoms with Crippen molar-refractivity contribution in [1.29, 1.82) is 0 Å². The van der Waals surface area contributed by atoms with E-state index in [0.29, 0.717) is 38.2 Å². The predicted molar refractivity (Wildman–Crippen MR) is 116 cm³/mol. The van der Waals surface area contributed by atoms with E-state index < -0.39 is 11.7 Å². The molecule has 9 heteroatoms. The monoisotopic (exact) mass is 432 g/mol. The van der Waals surface area contributed by atoms with Crippen LogP contribution in [0.5, 0.6) is 0 Å². The standard InChI is InChI=1S/C23H24N6O3/c1-16-13-26-18(14-25-16)21(31)28-10-7-23(8-11-28)22-24-9-12-29(22)15-19(32-23)20(30)27-17-5-3-2-4-6-17/h2-6,9,12-14,19H,7-8,10-11,15H2,1H3,(H,27,30)/t19-/m1/s1. The van der Waals surface area contributed by atoms with Gasteiger partial charge < -0.3 is 19.5 Å². The number of nitrogens with one attached hydrogen (secondary N) is 1. The Bertz CT molecular complexity index is 1120. The largest absolute Gasteiger partial charge is 0.352 e. The maximum absolute atomic E-state index is 13.0. The fourth-order valence-corrected chi connectivity index (χ4v) is 4.35.